The molecule has 2 N–H and O–H groups in total. The minimum absolute atomic E-state index is 0.436. The highest BCUT2D eigenvalue weighted by Gasteiger charge is 2.35. The molecule has 1 aliphatic carbocycles. The molecule has 26 heavy (non-hydrogen) atoms. The smallest absolute Gasteiger partial charge is 0.250 e. The Morgan fingerprint density at radius 1 is 1.23 bits per heavy atom. The van der Waals surface area contributed by atoms with Crippen LogP contribution in [-0.4, -0.2) is 23.9 Å². The van der Waals surface area contributed by atoms with Gasteiger partial charge in [-0.15, -0.1) is 0 Å². The fourth-order valence-electron chi connectivity index (χ4n) is 3.07. The van der Waals surface area contributed by atoms with E-state index in [1.807, 2.05) is 24.3 Å². The van der Waals surface area contributed by atoms with E-state index in [2.05, 4.69) is 24.0 Å². The van der Waals surface area contributed by atoms with Crippen molar-refractivity contribution in [3.63, 3.8) is 0 Å². The number of hydrogen-bond acceptors (Lipinski definition) is 6. The van der Waals surface area contributed by atoms with E-state index in [0.717, 1.165) is 37.0 Å². The third-order valence-corrected chi connectivity index (χ3v) is 4.56. The molecule has 6 heteroatoms. The van der Waals surface area contributed by atoms with Crippen LogP contribution >= 0.6 is 0 Å². The highest BCUT2D eigenvalue weighted by atomic mass is 16.5. The van der Waals surface area contributed by atoms with Crippen molar-refractivity contribution in [3.05, 3.63) is 35.5 Å². The molecule has 1 fully saturated rings. The first-order chi connectivity index (χ1) is 12.5. The zero-order valence-corrected chi connectivity index (χ0v) is 15.7. The maximum Gasteiger partial charge on any atom is 0.250 e. The molecular weight excluding hydrogens is 330 g/mol. The number of aromatic nitrogens is 2. The highest BCUT2D eigenvalue weighted by molar-refractivity contribution is 5.67. The van der Waals surface area contributed by atoms with Crippen LogP contribution in [-0.2, 0) is 5.54 Å². The van der Waals surface area contributed by atoms with Gasteiger partial charge in [0.15, 0.2) is 17.3 Å². The number of hydrogen-bond donors (Lipinski definition) is 1. The van der Waals surface area contributed by atoms with E-state index in [1.165, 1.54) is 0 Å². The summed E-state index contributed by atoms with van der Waals surface area (Å²) in [5, 5.41) is 4.06. The maximum absolute atomic E-state index is 6.37. The van der Waals surface area contributed by atoms with Gasteiger partial charge in [-0.05, 0) is 42.5 Å². The summed E-state index contributed by atoms with van der Waals surface area (Å²) in [7, 11) is 1.64. The zero-order chi connectivity index (χ0) is 18.6. The molecule has 1 heterocycles. The van der Waals surface area contributed by atoms with Crippen LogP contribution in [0.1, 0.15) is 56.8 Å². The van der Waals surface area contributed by atoms with Crippen LogP contribution in [0.3, 0.4) is 0 Å². The largest absolute Gasteiger partial charge is 0.493 e. The maximum atomic E-state index is 6.37. The Balaban J connectivity index is 1.71. The monoisotopic (exact) mass is 357 g/mol. The SMILES string of the molecule is COc1cc(/C=C/c2nc(C3(N)CCCC3)no2)ccc1OCC(C)C. The predicted octanol–water partition coefficient (Wildman–Crippen LogP) is 4.01. The summed E-state index contributed by atoms with van der Waals surface area (Å²) in [6.07, 6.45) is 7.74. The molecule has 1 aromatic heterocycles. The van der Waals surface area contributed by atoms with Crippen LogP contribution in [0.15, 0.2) is 22.7 Å². The Morgan fingerprint density at radius 3 is 2.69 bits per heavy atom. The molecule has 0 spiro atoms. The van der Waals surface area contributed by atoms with Crippen molar-refractivity contribution in [3.8, 4) is 11.5 Å². The van der Waals surface area contributed by atoms with Crippen molar-refractivity contribution in [2.24, 2.45) is 11.7 Å². The number of ether oxygens (including phenoxy) is 2. The van der Waals surface area contributed by atoms with E-state index < -0.39 is 5.54 Å². The fourth-order valence-corrected chi connectivity index (χ4v) is 3.07. The molecule has 0 unspecified atom stereocenters. The molecule has 2 aromatic rings. The highest BCUT2D eigenvalue weighted by Crippen LogP contribution is 2.34. The van der Waals surface area contributed by atoms with E-state index in [4.69, 9.17) is 19.7 Å². The van der Waals surface area contributed by atoms with Gasteiger partial charge in [-0.1, -0.05) is 37.9 Å². The van der Waals surface area contributed by atoms with Crippen molar-refractivity contribution in [2.45, 2.75) is 45.1 Å². The van der Waals surface area contributed by atoms with Gasteiger partial charge in [0.25, 0.3) is 5.89 Å². The van der Waals surface area contributed by atoms with Crippen molar-refractivity contribution in [1.82, 2.24) is 10.1 Å². The van der Waals surface area contributed by atoms with Gasteiger partial charge >= 0.3 is 0 Å². The van der Waals surface area contributed by atoms with Gasteiger partial charge in [-0.3, -0.25) is 0 Å². The lowest BCUT2D eigenvalue weighted by molar-refractivity contribution is 0.257. The second kappa shape index (κ2) is 7.91. The predicted molar refractivity (Wildman–Crippen MR) is 101 cm³/mol. The average Bonchev–Trinajstić information content (AvgIpc) is 3.28. The van der Waals surface area contributed by atoms with Crippen molar-refractivity contribution < 1.29 is 14.0 Å². The van der Waals surface area contributed by atoms with E-state index in [1.54, 1.807) is 13.2 Å². The molecule has 1 saturated carbocycles. The number of benzene rings is 1. The van der Waals surface area contributed by atoms with Gasteiger partial charge in [0.05, 0.1) is 19.3 Å². The molecule has 0 saturated heterocycles. The van der Waals surface area contributed by atoms with Crippen molar-refractivity contribution >= 4 is 12.2 Å². The van der Waals surface area contributed by atoms with Crippen LogP contribution in [0.2, 0.25) is 0 Å². The molecule has 0 bridgehead atoms. The summed E-state index contributed by atoms with van der Waals surface area (Å²) in [4.78, 5) is 4.44. The summed E-state index contributed by atoms with van der Waals surface area (Å²) >= 11 is 0. The third kappa shape index (κ3) is 4.25. The Morgan fingerprint density at radius 2 is 2.00 bits per heavy atom. The van der Waals surface area contributed by atoms with Gasteiger partial charge in [0.1, 0.15) is 0 Å². The topological polar surface area (TPSA) is 83.4 Å². The van der Waals surface area contributed by atoms with E-state index in [0.29, 0.717) is 30.0 Å². The lowest BCUT2D eigenvalue weighted by atomic mass is 9.99. The fraction of sp³-hybridized carbons (Fsp3) is 0.500. The average molecular weight is 357 g/mol. The normalized spacial score (nSPS) is 16.5. The summed E-state index contributed by atoms with van der Waals surface area (Å²) < 4.78 is 16.5. The van der Waals surface area contributed by atoms with Crippen LogP contribution < -0.4 is 15.2 Å². The molecule has 1 aromatic carbocycles. The molecule has 0 atom stereocenters. The first-order valence-electron chi connectivity index (χ1n) is 9.12. The third-order valence-electron chi connectivity index (χ3n) is 4.56. The molecule has 0 aliphatic heterocycles. The van der Waals surface area contributed by atoms with E-state index >= 15 is 0 Å². The van der Waals surface area contributed by atoms with Gasteiger partial charge in [0.2, 0.25) is 0 Å². The van der Waals surface area contributed by atoms with Gasteiger partial charge in [-0.25, -0.2) is 0 Å². The summed E-state index contributed by atoms with van der Waals surface area (Å²) in [5.41, 5.74) is 6.89. The molecule has 140 valence electrons. The van der Waals surface area contributed by atoms with Crippen LogP contribution in [0.4, 0.5) is 0 Å². The lowest BCUT2D eigenvalue weighted by Crippen LogP contribution is -2.34. The van der Waals surface area contributed by atoms with Crippen LogP contribution in [0, 0.1) is 5.92 Å². The van der Waals surface area contributed by atoms with Crippen LogP contribution in [0.5, 0.6) is 11.5 Å². The number of methoxy groups -OCH3 is 1. The van der Waals surface area contributed by atoms with Crippen LogP contribution in [0.25, 0.3) is 12.2 Å². The summed E-state index contributed by atoms with van der Waals surface area (Å²) in [6, 6.07) is 5.80. The van der Waals surface area contributed by atoms with E-state index in [9.17, 15) is 0 Å². The molecule has 1 aliphatic rings. The van der Waals surface area contributed by atoms with Crippen molar-refractivity contribution in [1.29, 1.82) is 0 Å². The Labute approximate surface area is 154 Å². The summed E-state index contributed by atoms with van der Waals surface area (Å²) in [6.45, 7) is 4.87. The van der Waals surface area contributed by atoms with E-state index in [-0.39, 0.29) is 0 Å². The number of nitrogens with zero attached hydrogens (tertiary/aromatic N) is 2. The van der Waals surface area contributed by atoms with Crippen molar-refractivity contribution in [2.75, 3.05) is 13.7 Å². The minimum atomic E-state index is -0.436. The molecule has 6 nitrogen and oxygen atoms in total. The first-order valence-corrected chi connectivity index (χ1v) is 9.12. The standard InChI is InChI=1S/C20H27N3O3/c1-14(2)13-25-16-8-6-15(12-17(16)24-3)7-9-18-22-19(23-26-18)20(21)10-4-5-11-20/h6-9,12,14H,4-5,10-11,13,21H2,1-3H3/b9-7+. The minimum Gasteiger partial charge on any atom is -0.493 e. The first kappa shape index (κ1) is 18.5. The number of rotatable bonds is 7. The Hall–Kier alpha value is -2.34. The Bertz CT molecular complexity index is 761. The zero-order valence-electron chi connectivity index (χ0n) is 15.7. The van der Waals surface area contributed by atoms with Gasteiger partial charge in [0, 0.05) is 6.08 Å². The summed E-state index contributed by atoms with van der Waals surface area (Å²) in [5.74, 6) is 2.95. The van der Waals surface area contributed by atoms with Gasteiger partial charge in [-0.2, -0.15) is 4.98 Å². The quantitative estimate of drug-likeness (QED) is 0.806. The lowest BCUT2D eigenvalue weighted by Gasteiger charge is -2.17. The molecule has 3 rings (SSSR count). The molecular formula is C20H27N3O3. The second-order valence-electron chi connectivity index (χ2n) is 7.27. The Kier molecular flexibility index (Phi) is 5.61. The molecule has 0 amide bonds. The molecule has 0 radical (unpaired) electrons. The second-order valence-corrected chi connectivity index (χ2v) is 7.27. The van der Waals surface area contributed by atoms with Gasteiger partial charge < -0.3 is 19.7 Å². The number of nitrogens with two attached hydrogens (primary N) is 1.